The maximum atomic E-state index is 8.63. The van der Waals surface area contributed by atoms with Gasteiger partial charge in [-0.05, 0) is 0 Å². The molecule has 0 aromatic carbocycles. The molecule has 0 aromatic heterocycles. The van der Waals surface area contributed by atoms with E-state index < -0.39 is 16.5 Å². The van der Waals surface area contributed by atoms with E-state index in [1.807, 2.05) is 0 Å². The van der Waals surface area contributed by atoms with E-state index in [1.54, 1.807) is 0 Å². The van der Waals surface area contributed by atoms with E-state index in [4.69, 9.17) is 28.7 Å². The van der Waals surface area contributed by atoms with Gasteiger partial charge in [0.25, 0.3) is 0 Å². The van der Waals surface area contributed by atoms with Crippen molar-refractivity contribution in [3.8, 4) is 0 Å². The minimum Gasteiger partial charge on any atom is -0.813 e. The average molecular weight is 209 g/mol. The zero-order valence-electron chi connectivity index (χ0n) is 3.99. The van der Waals surface area contributed by atoms with Crippen LogP contribution in [0.25, 0.3) is 0 Å². The van der Waals surface area contributed by atoms with Crippen LogP contribution in [0.1, 0.15) is 0 Å². The van der Waals surface area contributed by atoms with E-state index in [-0.39, 0.29) is 21.7 Å². The predicted octanol–water partition coefficient (Wildman–Crippen LogP) is -3.18. The van der Waals surface area contributed by atoms with Crippen molar-refractivity contribution in [2.24, 2.45) is 0 Å². The van der Waals surface area contributed by atoms with E-state index >= 15 is 0 Å². The number of hydrogen-bond acceptors (Lipinski definition) is 5. The molecule has 0 heterocycles. The fourth-order valence-electron chi connectivity index (χ4n) is 0. The zero-order chi connectivity index (χ0) is 7.15. The summed E-state index contributed by atoms with van der Waals surface area (Å²) in [6.45, 7) is 0. The molecule has 0 aliphatic heterocycles. The summed E-state index contributed by atoms with van der Waals surface area (Å²) in [5, 5.41) is 0. The Morgan fingerprint density at radius 1 is 1.11 bits per heavy atom. The molecule has 1 radical (unpaired) electrons. The van der Waals surface area contributed by atoms with Crippen LogP contribution in [0.15, 0.2) is 0 Å². The Kier molecular flexibility index (Phi) is 21.6. The van der Waals surface area contributed by atoms with Crippen molar-refractivity contribution in [3.05, 3.63) is 0 Å². The maximum Gasteiger partial charge on any atom is 3.00 e. The first-order valence-corrected chi connectivity index (χ1v) is 3.73. The molecule has 0 aliphatic carbocycles. The van der Waals surface area contributed by atoms with Gasteiger partial charge in [-0.3, -0.25) is 0 Å². The molecule has 0 aromatic rings. The molecule has 1 N–H and O–H groups in total. The van der Waals surface area contributed by atoms with Crippen LogP contribution >= 0.6 is 16.5 Å². The van der Waals surface area contributed by atoms with Crippen molar-refractivity contribution in [3.63, 3.8) is 0 Å². The second kappa shape index (κ2) is 11.8. The summed E-state index contributed by atoms with van der Waals surface area (Å²) >= 11 is 0. The molecule has 0 saturated carbocycles. The summed E-state index contributed by atoms with van der Waals surface area (Å²) in [5.74, 6) is 0. The molecule has 0 saturated heterocycles. The predicted molar refractivity (Wildman–Crippen MR) is 20.2 cm³/mol. The maximum absolute atomic E-state index is 8.63. The van der Waals surface area contributed by atoms with Crippen LogP contribution in [0, 0.1) is 0 Å². The van der Waals surface area contributed by atoms with Crippen molar-refractivity contribution >= 4 is 16.5 Å². The molecular formula is H3O6P2Ti. The molecule has 0 rings (SSSR count). The third-order valence-corrected chi connectivity index (χ3v) is 0. The summed E-state index contributed by atoms with van der Waals surface area (Å²) in [6.07, 6.45) is 0. The molecule has 53 valence electrons. The molecule has 1 unspecified atom stereocenters. The van der Waals surface area contributed by atoms with Gasteiger partial charge in [0.1, 0.15) is 8.25 Å². The van der Waals surface area contributed by atoms with E-state index in [1.165, 1.54) is 0 Å². The zero-order valence-corrected chi connectivity index (χ0v) is 7.55. The fourth-order valence-corrected chi connectivity index (χ4v) is 0. The molecule has 6 nitrogen and oxygen atoms in total. The Balaban J connectivity index is -0.0000000720. The van der Waals surface area contributed by atoms with E-state index in [0.717, 1.165) is 0 Å². The third kappa shape index (κ3) is 431. The first kappa shape index (κ1) is 16.5. The Hall–Kier alpha value is 1.01. The number of hydrogen-bond donors (Lipinski definition) is 1. The largest absolute Gasteiger partial charge is 3.00 e. The van der Waals surface area contributed by atoms with Crippen molar-refractivity contribution in [1.29, 1.82) is 0 Å². The summed E-state index contributed by atoms with van der Waals surface area (Å²) in [6, 6.07) is 0. The smallest absolute Gasteiger partial charge is 0.813 e. The summed E-state index contributed by atoms with van der Waals surface area (Å²) in [5.41, 5.74) is 0. The monoisotopic (exact) mass is 209 g/mol. The molecule has 0 aliphatic rings. The van der Waals surface area contributed by atoms with Gasteiger partial charge in [0.2, 0.25) is 0 Å². The van der Waals surface area contributed by atoms with Crippen molar-refractivity contribution < 1.29 is 50.4 Å². The van der Waals surface area contributed by atoms with Gasteiger partial charge in [-0.15, -0.1) is 0 Å². The summed E-state index contributed by atoms with van der Waals surface area (Å²) in [7, 11) is -7.01. The van der Waals surface area contributed by atoms with E-state index in [0.29, 0.717) is 0 Å². The molecule has 0 spiro atoms. The Bertz CT molecular complexity index is 69.1. The van der Waals surface area contributed by atoms with Crippen molar-refractivity contribution in [2.75, 3.05) is 0 Å². The van der Waals surface area contributed by atoms with Gasteiger partial charge in [-0.25, -0.2) is 0 Å². The Morgan fingerprint density at radius 3 is 1.11 bits per heavy atom. The van der Waals surface area contributed by atoms with Crippen LogP contribution < -0.4 is 14.7 Å². The first-order chi connectivity index (χ1) is 3.46. The van der Waals surface area contributed by atoms with Gasteiger partial charge in [0.15, 0.2) is 0 Å². The van der Waals surface area contributed by atoms with E-state index in [2.05, 4.69) is 0 Å². The van der Waals surface area contributed by atoms with Crippen LogP contribution in [-0.2, 0) is 30.8 Å². The quantitative estimate of drug-likeness (QED) is 0.331. The molecule has 9 heavy (non-hydrogen) atoms. The molecule has 0 fully saturated rings. The van der Waals surface area contributed by atoms with Crippen LogP contribution in [0.3, 0.4) is 0 Å². The van der Waals surface area contributed by atoms with Gasteiger partial charge in [-0.1, -0.05) is 8.25 Å². The standard InChI is InChI=1S/2H3O3P.Ti/c2*1-4(2)3;/h2*4H,(H2,1,2,3);/q;;+3/p-3. The Morgan fingerprint density at radius 2 is 1.11 bits per heavy atom. The van der Waals surface area contributed by atoms with Crippen LogP contribution in [0.2, 0.25) is 0 Å². The molecular weight excluding hydrogens is 206 g/mol. The van der Waals surface area contributed by atoms with Crippen LogP contribution in [-0.4, -0.2) is 4.89 Å². The van der Waals surface area contributed by atoms with Crippen molar-refractivity contribution in [2.45, 2.75) is 0 Å². The Labute approximate surface area is 67.3 Å². The normalized spacial score (nSPS) is 10.8. The van der Waals surface area contributed by atoms with Gasteiger partial charge in [-0.2, -0.15) is 0 Å². The molecule has 0 amide bonds. The van der Waals surface area contributed by atoms with Gasteiger partial charge in [0, 0.05) is 0 Å². The minimum absolute atomic E-state index is 0. The first-order valence-electron chi connectivity index (χ1n) is 1.24. The molecule has 9 heteroatoms. The average Bonchev–Trinajstić information content (AvgIpc) is 1.25. The number of rotatable bonds is 0. The summed E-state index contributed by atoms with van der Waals surface area (Å²) < 4.78 is 17.1. The van der Waals surface area contributed by atoms with Gasteiger partial charge in [0.05, 0.1) is 0 Å². The van der Waals surface area contributed by atoms with Crippen LogP contribution in [0.4, 0.5) is 0 Å². The third-order valence-electron chi connectivity index (χ3n) is 0. The van der Waals surface area contributed by atoms with E-state index in [9.17, 15) is 0 Å². The topological polar surface area (TPSA) is 124 Å². The van der Waals surface area contributed by atoms with Gasteiger partial charge >= 0.3 is 21.7 Å². The summed E-state index contributed by atoms with van der Waals surface area (Å²) in [4.78, 5) is 32.7. The van der Waals surface area contributed by atoms with Gasteiger partial charge < -0.3 is 28.7 Å². The second-order valence-electron chi connectivity index (χ2n) is 0.516. The fraction of sp³-hybridized carbons (Fsp3) is 0. The minimum atomic E-state index is -3.63. The molecule has 0 bridgehead atoms. The second-order valence-corrected chi connectivity index (χ2v) is 1.55. The van der Waals surface area contributed by atoms with Crippen molar-refractivity contribution in [1.82, 2.24) is 0 Å². The van der Waals surface area contributed by atoms with Crippen LogP contribution in [0.5, 0.6) is 0 Å². The molecule has 1 atom stereocenters. The SMILES string of the molecule is O=[PH]([O-])O.O=[PH]([O-])[O-].[Ti+3].